The second kappa shape index (κ2) is 7.61. The second-order valence-electron chi connectivity index (χ2n) is 5.67. The fraction of sp³-hybridized carbons (Fsp3) is 0.500. The van der Waals surface area contributed by atoms with E-state index in [1.54, 1.807) is 25.2 Å². The molecule has 120 valence electrons. The number of halogens is 1. The Balaban J connectivity index is 1.97. The Morgan fingerprint density at radius 2 is 2.05 bits per heavy atom. The number of rotatable bonds is 5. The van der Waals surface area contributed by atoms with Gasteiger partial charge in [0.2, 0.25) is 5.91 Å². The van der Waals surface area contributed by atoms with E-state index in [2.05, 4.69) is 10.2 Å². The topological polar surface area (TPSA) is 69.6 Å². The second-order valence-corrected chi connectivity index (χ2v) is 6.08. The number of amides is 1. The standard InChI is InChI=1S/C16H21ClN2O3/c1-18-15(20)9-11-5-7-19(8-6-11)10-13-12(16(21)22)3-2-4-14(13)17/h2-4,11H,5-10H2,1H3,(H,18,20)(H,21,22). The predicted octanol–water partition coefficient (Wildman–Crippen LogP) is 2.39. The number of piperidine rings is 1. The van der Waals surface area contributed by atoms with Crippen molar-refractivity contribution < 1.29 is 14.7 Å². The van der Waals surface area contributed by atoms with Gasteiger partial charge in [-0.3, -0.25) is 9.69 Å². The summed E-state index contributed by atoms with van der Waals surface area (Å²) in [5.41, 5.74) is 0.932. The molecule has 0 spiro atoms. The summed E-state index contributed by atoms with van der Waals surface area (Å²) in [5.74, 6) is -0.467. The number of nitrogens with zero attached hydrogens (tertiary/aromatic N) is 1. The van der Waals surface area contributed by atoms with Crippen LogP contribution in [0.5, 0.6) is 0 Å². The maximum atomic E-state index is 11.4. The third-order valence-corrected chi connectivity index (χ3v) is 4.55. The van der Waals surface area contributed by atoms with Crippen molar-refractivity contribution >= 4 is 23.5 Å². The molecule has 2 N–H and O–H groups in total. The quantitative estimate of drug-likeness (QED) is 0.872. The Kier molecular flexibility index (Phi) is 5.80. The van der Waals surface area contributed by atoms with Crippen molar-refractivity contribution in [1.29, 1.82) is 0 Å². The van der Waals surface area contributed by atoms with Gasteiger partial charge in [0, 0.05) is 25.0 Å². The SMILES string of the molecule is CNC(=O)CC1CCN(Cc2c(Cl)cccc2C(=O)O)CC1. The molecule has 1 amide bonds. The molecule has 5 nitrogen and oxygen atoms in total. The highest BCUT2D eigenvalue weighted by Gasteiger charge is 2.23. The molecule has 22 heavy (non-hydrogen) atoms. The van der Waals surface area contributed by atoms with Gasteiger partial charge in [-0.1, -0.05) is 17.7 Å². The van der Waals surface area contributed by atoms with Crippen LogP contribution in [-0.2, 0) is 11.3 Å². The summed E-state index contributed by atoms with van der Waals surface area (Å²) in [4.78, 5) is 24.9. The van der Waals surface area contributed by atoms with Crippen LogP contribution in [0.4, 0.5) is 0 Å². The predicted molar refractivity (Wildman–Crippen MR) is 85.1 cm³/mol. The fourth-order valence-electron chi connectivity index (χ4n) is 2.86. The smallest absolute Gasteiger partial charge is 0.336 e. The molecule has 1 aliphatic heterocycles. The van der Waals surface area contributed by atoms with Gasteiger partial charge in [0.05, 0.1) is 5.56 Å². The third kappa shape index (κ3) is 4.21. The molecule has 0 unspecified atom stereocenters. The molecule has 0 aromatic heterocycles. The van der Waals surface area contributed by atoms with Gasteiger partial charge in [-0.05, 0) is 49.5 Å². The fourth-order valence-corrected chi connectivity index (χ4v) is 3.09. The average molecular weight is 325 g/mol. The van der Waals surface area contributed by atoms with Crippen molar-refractivity contribution in [2.45, 2.75) is 25.8 Å². The van der Waals surface area contributed by atoms with Crippen LogP contribution in [0.3, 0.4) is 0 Å². The van der Waals surface area contributed by atoms with E-state index in [4.69, 9.17) is 11.6 Å². The maximum absolute atomic E-state index is 11.4. The first-order chi connectivity index (χ1) is 10.5. The van der Waals surface area contributed by atoms with Crippen molar-refractivity contribution in [2.24, 2.45) is 5.92 Å². The number of carboxylic acid groups (broad SMARTS) is 1. The van der Waals surface area contributed by atoms with E-state index in [1.807, 2.05) is 0 Å². The molecule has 1 aliphatic rings. The molecule has 6 heteroatoms. The third-order valence-electron chi connectivity index (χ3n) is 4.19. The Hall–Kier alpha value is -1.59. The highest BCUT2D eigenvalue weighted by atomic mass is 35.5. The van der Waals surface area contributed by atoms with Crippen molar-refractivity contribution in [3.05, 3.63) is 34.3 Å². The van der Waals surface area contributed by atoms with Crippen LogP contribution in [0.25, 0.3) is 0 Å². The Labute approximate surface area is 135 Å². The first-order valence-electron chi connectivity index (χ1n) is 7.45. The summed E-state index contributed by atoms with van der Waals surface area (Å²) in [5, 5.41) is 12.4. The van der Waals surface area contributed by atoms with Gasteiger partial charge in [-0.2, -0.15) is 0 Å². The van der Waals surface area contributed by atoms with E-state index in [9.17, 15) is 14.7 Å². The van der Waals surface area contributed by atoms with E-state index in [-0.39, 0.29) is 11.5 Å². The van der Waals surface area contributed by atoms with Gasteiger partial charge in [-0.15, -0.1) is 0 Å². The molecular formula is C16H21ClN2O3. The number of carboxylic acids is 1. The summed E-state index contributed by atoms with van der Waals surface area (Å²) in [6.07, 6.45) is 2.46. The number of carbonyl (C=O) groups excluding carboxylic acids is 1. The summed E-state index contributed by atoms with van der Waals surface area (Å²) in [7, 11) is 1.66. The van der Waals surface area contributed by atoms with Crippen LogP contribution in [0.2, 0.25) is 5.02 Å². The average Bonchev–Trinajstić information content (AvgIpc) is 2.50. The summed E-state index contributed by atoms with van der Waals surface area (Å²) < 4.78 is 0. The molecule has 1 aromatic carbocycles. The van der Waals surface area contributed by atoms with Crippen LogP contribution >= 0.6 is 11.6 Å². The van der Waals surface area contributed by atoms with Crippen LogP contribution in [0.1, 0.15) is 35.2 Å². The molecular weight excluding hydrogens is 304 g/mol. The number of hydrogen-bond acceptors (Lipinski definition) is 3. The normalized spacial score (nSPS) is 16.5. The highest BCUT2D eigenvalue weighted by molar-refractivity contribution is 6.31. The number of aromatic carboxylic acids is 1. The van der Waals surface area contributed by atoms with Crippen molar-refractivity contribution in [3.63, 3.8) is 0 Å². The lowest BCUT2D eigenvalue weighted by atomic mass is 9.92. The van der Waals surface area contributed by atoms with Crippen LogP contribution < -0.4 is 5.32 Å². The minimum Gasteiger partial charge on any atom is -0.478 e. The molecule has 1 saturated heterocycles. The van der Waals surface area contributed by atoms with Gasteiger partial charge in [-0.25, -0.2) is 4.79 Å². The Morgan fingerprint density at radius 1 is 1.36 bits per heavy atom. The maximum Gasteiger partial charge on any atom is 0.336 e. The minimum absolute atomic E-state index is 0.0812. The molecule has 0 saturated carbocycles. The van der Waals surface area contributed by atoms with Crippen LogP contribution in [0, 0.1) is 5.92 Å². The largest absolute Gasteiger partial charge is 0.478 e. The summed E-state index contributed by atoms with van der Waals surface area (Å²) in [6, 6.07) is 4.97. The van der Waals surface area contributed by atoms with Gasteiger partial charge in [0.25, 0.3) is 0 Å². The molecule has 0 radical (unpaired) electrons. The van der Waals surface area contributed by atoms with Crippen molar-refractivity contribution in [2.75, 3.05) is 20.1 Å². The van der Waals surface area contributed by atoms with Gasteiger partial charge >= 0.3 is 5.97 Å². The van der Waals surface area contributed by atoms with Crippen molar-refractivity contribution in [1.82, 2.24) is 10.2 Å². The van der Waals surface area contributed by atoms with E-state index in [1.165, 1.54) is 0 Å². The molecule has 1 aromatic rings. The van der Waals surface area contributed by atoms with E-state index in [0.29, 0.717) is 29.5 Å². The van der Waals surface area contributed by atoms with Gasteiger partial charge < -0.3 is 10.4 Å². The number of benzene rings is 1. The number of hydrogen-bond donors (Lipinski definition) is 2. The van der Waals surface area contributed by atoms with E-state index >= 15 is 0 Å². The molecule has 0 aliphatic carbocycles. The Bertz CT molecular complexity index is 554. The van der Waals surface area contributed by atoms with Gasteiger partial charge in [0.15, 0.2) is 0 Å². The monoisotopic (exact) mass is 324 g/mol. The molecule has 2 rings (SSSR count). The summed E-state index contributed by atoms with van der Waals surface area (Å²) in [6.45, 7) is 2.24. The molecule has 1 fully saturated rings. The molecule has 0 atom stereocenters. The Morgan fingerprint density at radius 3 is 2.64 bits per heavy atom. The summed E-state index contributed by atoms with van der Waals surface area (Å²) >= 11 is 6.17. The molecule has 0 bridgehead atoms. The van der Waals surface area contributed by atoms with Gasteiger partial charge in [0.1, 0.15) is 0 Å². The number of carbonyl (C=O) groups is 2. The highest BCUT2D eigenvalue weighted by Crippen LogP contribution is 2.26. The van der Waals surface area contributed by atoms with Crippen LogP contribution in [-0.4, -0.2) is 42.0 Å². The lowest BCUT2D eigenvalue weighted by molar-refractivity contribution is -0.121. The zero-order valence-corrected chi connectivity index (χ0v) is 13.4. The lowest BCUT2D eigenvalue weighted by Gasteiger charge is -2.32. The first-order valence-corrected chi connectivity index (χ1v) is 7.82. The van der Waals surface area contributed by atoms with E-state index < -0.39 is 5.97 Å². The van der Waals surface area contributed by atoms with Crippen LogP contribution in [0.15, 0.2) is 18.2 Å². The number of nitrogens with one attached hydrogen (secondary N) is 1. The van der Waals surface area contributed by atoms with E-state index in [0.717, 1.165) is 25.9 Å². The zero-order valence-electron chi connectivity index (χ0n) is 12.6. The lowest BCUT2D eigenvalue weighted by Crippen LogP contribution is -2.35. The minimum atomic E-state index is -0.952. The number of likely N-dealkylation sites (tertiary alicyclic amines) is 1. The first kappa shape index (κ1) is 16.8. The van der Waals surface area contributed by atoms with Crippen molar-refractivity contribution in [3.8, 4) is 0 Å². The zero-order chi connectivity index (χ0) is 16.1. The molecule has 1 heterocycles.